The van der Waals surface area contributed by atoms with Crippen molar-refractivity contribution in [3.63, 3.8) is 0 Å². The van der Waals surface area contributed by atoms with Gasteiger partial charge in [0.25, 0.3) is 0 Å². The third kappa shape index (κ3) is 4.11. The molecule has 2 rings (SSSR count). The molecule has 2 aromatic rings. The molecule has 0 heterocycles. The Labute approximate surface area is 142 Å². The van der Waals surface area contributed by atoms with E-state index in [-0.39, 0.29) is 17.5 Å². The third-order valence-electron chi connectivity index (χ3n) is 3.71. The number of para-hydroxylation sites is 1. The van der Waals surface area contributed by atoms with Gasteiger partial charge in [-0.05, 0) is 32.3 Å². The number of nitrogens with zero attached hydrogens (tertiary/aromatic N) is 1. The lowest BCUT2D eigenvalue weighted by Gasteiger charge is -2.26. The zero-order valence-electron chi connectivity index (χ0n) is 13.9. The van der Waals surface area contributed by atoms with Crippen molar-refractivity contribution in [3.8, 4) is 5.75 Å². The summed E-state index contributed by atoms with van der Waals surface area (Å²) in [4.78, 5) is 1.52. The largest absolute Gasteiger partial charge is 0.496 e. The van der Waals surface area contributed by atoms with Gasteiger partial charge in [0.15, 0.2) is 0 Å². The molecule has 1 atom stereocenters. The molecule has 7 heteroatoms. The Bertz CT molecular complexity index is 794. The second-order valence-corrected chi connectivity index (χ2v) is 7.24. The molecule has 1 unspecified atom stereocenters. The number of ether oxygens (including phenoxy) is 1. The highest BCUT2D eigenvalue weighted by Crippen LogP contribution is 2.27. The summed E-state index contributed by atoms with van der Waals surface area (Å²) >= 11 is 0. The number of hydrogen-bond donors (Lipinski definition) is 1. The van der Waals surface area contributed by atoms with E-state index in [0.29, 0.717) is 5.75 Å². The Morgan fingerprint density at radius 1 is 1.12 bits per heavy atom. The van der Waals surface area contributed by atoms with Crippen molar-refractivity contribution >= 4 is 10.0 Å². The number of sulfonamides is 1. The first-order valence-corrected chi connectivity index (χ1v) is 8.88. The van der Waals surface area contributed by atoms with Gasteiger partial charge in [-0.3, -0.25) is 0 Å². The average Bonchev–Trinajstić information content (AvgIpc) is 2.55. The van der Waals surface area contributed by atoms with Crippen LogP contribution >= 0.6 is 0 Å². The van der Waals surface area contributed by atoms with Gasteiger partial charge in [0.1, 0.15) is 16.5 Å². The highest BCUT2D eigenvalue weighted by atomic mass is 32.2. The van der Waals surface area contributed by atoms with E-state index in [0.717, 1.165) is 11.6 Å². The molecule has 0 aliphatic carbocycles. The fourth-order valence-corrected chi connectivity index (χ4v) is 3.56. The van der Waals surface area contributed by atoms with Gasteiger partial charge in [0.2, 0.25) is 10.0 Å². The van der Waals surface area contributed by atoms with Crippen molar-refractivity contribution in [1.82, 2.24) is 9.62 Å². The maximum absolute atomic E-state index is 13.8. The van der Waals surface area contributed by atoms with Gasteiger partial charge in [-0.25, -0.2) is 17.5 Å². The van der Waals surface area contributed by atoms with Gasteiger partial charge in [-0.2, -0.15) is 0 Å². The van der Waals surface area contributed by atoms with Gasteiger partial charge in [0, 0.05) is 12.1 Å². The summed E-state index contributed by atoms with van der Waals surface area (Å²) < 4.78 is 46.3. The molecule has 5 nitrogen and oxygen atoms in total. The van der Waals surface area contributed by atoms with E-state index in [9.17, 15) is 12.8 Å². The van der Waals surface area contributed by atoms with Crippen LogP contribution in [0, 0.1) is 5.82 Å². The first kappa shape index (κ1) is 18.4. The van der Waals surface area contributed by atoms with Crippen LogP contribution in [-0.2, 0) is 10.0 Å². The third-order valence-corrected chi connectivity index (χ3v) is 5.17. The fourth-order valence-electron chi connectivity index (χ4n) is 2.44. The summed E-state index contributed by atoms with van der Waals surface area (Å²) in [6.45, 7) is 0.0873. The monoisotopic (exact) mass is 352 g/mol. The Balaban J connectivity index is 2.25. The summed E-state index contributed by atoms with van der Waals surface area (Å²) in [7, 11) is 1.31. The summed E-state index contributed by atoms with van der Waals surface area (Å²) in [5, 5.41) is 0. The zero-order chi connectivity index (χ0) is 17.7. The maximum Gasteiger partial charge on any atom is 0.243 e. The summed E-state index contributed by atoms with van der Waals surface area (Å²) in [6.07, 6.45) is 0. The Hall–Kier alpha value is -1.96. The van der Waals surface area contributed by atoms with E-state index in [2.05, 4.69) is 4.72 Å². The predicted octanol–water partition coefficient (Wildman–Crippen LogP) is 2.42. The van der Waals surface area contributed by atoms with E-state index < -0.39 is 15.8 Å². The van der Waals surface area contributed by atoms with Crippen molar-refractivity contribution in [2.24, 2.45) is 0 Å². The van der Waals surface area contributed by atoms with E-state index in [4.69, 9.17) is 4.74 Å². The summed E-state index contributed by atoms with van der Waals surface area (Å²) in [6, 6.07) is 12.4. The van der Waals surface area contributed by atoms with Crippen molar-refractivity contribution < 1.29 is 17.5 Å². The van der Waals surface area contributed by atoms with Crippen molar-refractivity contribution in [3.05, 3.63) is 59.9 Å². The number of rotatable bonds is 7. The first-order chi connectivity index (χ1) is 11.4. The van der Waals surface area contributed by atoms with Gasteiger partial charge in [-0.15, -0.1) is 0 Å². The van der Waals surface area contributed by atoms with Crippen LogP contribution in [0.1, 0.15) is 11.6 Å². The molecule has 0 saturated heterocycles. The topological polar surface area (TPSA) is 58.6 Å². The molecule has 0 radical (unpaired) electrons. The number of benzene rings is 2. The predicted molar refractivity (Wildman–Crippen MR) is 91.0 cm³/mol. The summed E-state index contributed by atoms with van der Waals surface area (Å²) in [5.74, 6) is -0.106. The van der Waals surface area contributed by atoms with Gasteiger partial charge < -0.3 is 9.64 Å². The molecule has 0 saturated carbocycles. The van der Waals surface area contributed by atoms with Crippen LogP contribution in [-0.4, -0.2) is 41.1 Å². The van der Waals surface area contributed by atoms with Crippen molar-refractivity contribution in [2.75, 3.05) is 27.7 Å². The molecule has 0 spiro atoms. The second-order valence-electron chi connectivity index (χ2n) is 5.50. The smallest absolute Gasteiger partial charge is 0.243 e. The molecule has 0 amide bonds. The molecule has 0 aromatic heterocycles. The normalized spacial score (nSPS) is 13.0. The molecule has 24 heavy (non-hydrogen) atoms. The highest BCUT2D eigenvalue weighted by molar-refractivity contribution is 7.89. The summed E-state index contributed by atoms with van der Waals surface area (Å²) in [5.41, 5.74) is 0.848. The lowest BCUT2D eigenvalue weighted by Crippen LogP contribution is -2.35. The number of nitrogens with one attached hydrogen (secondary N) is 1. The molecular weight excluding hydrogens is 331 g/mol. The van der Waals surface area contributed by atoms with Crippen LogP contribution in [0.25, 0.3) is 0 Å². The van der Waals surface area contributed by atoms with E-state index in [1.807, 2.05) is 43.3 Å². The Morgan fingerprint density at radius 2 is 1.75 bits per heavy atom. The minimum Gasteiger partial charge on any atom is -0.496 e. The van der Waals surface area contributed by atoms with E-state index in [1.165, 1.54) is 18.2 Å². The van der Waals surface area contributed by atoms with Crippen LogP contribution < -0.4 is 9.46 Å². The van der Waals surface area contributed by atoms with Gasteiger partial charge in [-0.1, -0.05) is 30.3 Å². The number of methoxy groups -OCH3 is 1. The second kappa shape index (κ2) is 7.74. The average molecular weight is 352 g/mol. The minimum absolute atomic E-state index is 0.0873. The van der Waals surface area contributed by atoms with Crippen molar-refractivity contribution in [2.45, 2.75) is 10.9 Å². The van der Waals surface area contributed by atoms with Crippen LogP contribution in [0.4, 0.5) is 4.39 Å². The van der Waals surface area contributed by atoms with Crippen LogP contribution in [0.5, 0.6) is 5.75 Å². The Morgan fingerprint density at radius 3 is 2.38 bits per heavy atom. The molecule has 1 N–H and O–H groups in total. The number of likely N-dealkylation sites (N-methyl/N-ethyl adjacent to an activating group) is 1. The van der Waals surface area contributed by atoms with Crippen LogP contribution in [0.3, 0.4) is 0 Å². The lowest BCUT2D eigenvalue weighted by molar-refractivity contribution is 0.289. The standard InChI is InChI=1S/C17H21FN2O3S/c1-20(2)15(13-8-4-6-10-16(13)23-3)12-19-24(21,22)17-11-7-5-9-14(17)18/h4-11,15,19H,12H2,1-3H3. The first-order valence-electron chi connectivity index (χ1n) is 7.40. The van der Waals surface area contributed by atoms with E-state index >= 15 is 0 Å². The SMILES string of the molecule is COc1ccccc1C(CNS(=O)(=O)c1ccccc1F)N(C)C. The molecule has 0 aliphatic heterocycles. The van der Waals surface area contributed by atoms with Crippen molar-refractivity contribution in [1.29, 1.82) is 0 Å². The van der Waals surface area contributed by atoms with E-state index in [1.54, 1.807) is 7.11 Å². The quantitative estimate of drug-likeness (QED) is 0.831. The molecule has 130 valence electrons. The molecular formula is C17H21FN2O3S. The number of halogens is 1. The Kier molecular flexibility index (Phi) is 5.93. The van der Waals surface area contributed by atoms with Crippen LogP contribution in [0.2, 0.25) is 0 Å². The lowest BCUT2D eigenvalue weighted by atomic mass is 10.1. The van der Waals surface area contributed by atoms with Gasteiger partial charge in [0.05, 0.1) is 13.2 Å². The minimum atomic E-state index is -3.94. The maximum atomic E-state index is 13.8. The molecule has 0 bridgehead atoms. The van der Waals surface area contributed by atoms with Crippen LogP contribution in [0.15, 0.2) is 53.4 Å². The van der Waals surface area contributed by atoms with Gasteiger partial charge >= 0.3 is 0 Å². The fraction of sp³-hybridized carbons (Fsp3) is 0.294. The molecule has 2 aromatic carbocycles. The highest BCUT2D eigenvalue weighted by Gasteiger charge is 2.23. The molecule has 0 aliphatic rings. The zero-order valence-corrected chi connectivity index (χ0v) is 14.7. The molecule has 0 fully saturated rings. The number of hydrogen-bond acceptors (Lipinski definition) is 4.